The molecule has 0 radical (unpaired) electrons. The second-order valence-electron chi connectivity index (χ2n) is 10.7. The third-order valence-electron chi connectivity index (χ3n) is 8.58. The number of imide groups is 2. The molecule has 4 saturated heterocycles. The minimum absolute atomic E-state index is 0.107. The summed E-state index contributed by atoms with van der Waals surface area (Å²) in [6, 6.07) is 5.29. The van der Waals surface area contributed by atoms with Gasteiger partial charge in [-0.3, -0.25) is 39.2 Å². The fraction of sp³-hybridized carbons (Fsp3) is 0.615. The number of benzene rings is 1. The van der Waals surface area contributed by atoms with Crippen molar-refractivity contribution in [3.8, 4) is 0 Å². The zero-order chi connectivity index (χ0) is 25.0. The van der Waals surface area contributed by atoms with Gasteiger partial charge >= 0.3 is 0 Å². The van der Waals surface area contributed by atoms with Crippen LogP contribution >= 0.6 is 0 Å². The van der Waals surface area contributed by atoms with Crippen LogP contribution in [0.4, 0.5) is 10.1 Å². The number of piperidine rings is 3. The predicted molar refractivity (Wildman–Crippen MR) is 129 cm³/mol. The zero-order valence-electron chi connectivity index (χ0n) is 20.3. The Kier molecular flexibility index (Phi) is 6.03. The SMILES string of the molecule is O=C1CCC(N2C(=O)c3ccc(N4CC(N5CCC(N6CCC[C@@H](F)C6)CC5)C4)cc3C2=O)C(=O)N1. The van der Waals surface area contributed by atoms with E-state index in [0.717, 1.165) is 62.6 Å². The lowest BCUT2D eigenvalue weighted by Gasteiger charge is -2.50. The maximum absolute atomic E-state index is 13.8. The number of halogens is 1. The molecule has 0 bridgehead atoms. The zero-order valence-corrected chi connectivity index (χ0v) is 20.3. The molecule has 1 aromatic carbocycles. The Balaban J connectivity index is 1.05. The Labute approximate surface area is 209 Å². The number of carbonyl (C=O) groups is 4. The van der Waals surface area contributed by atoms with E-state index in [0.29, 0.717) is 36.2 Å². The van der Waals surface area contributed by atoms with E-state index in [4.69, 9.17) is 0 Å². The lowest BCUT2D eigenvalue weighted by Crippen LogP contribution is -2.62. The summed E-state index contributed by atoms with van der Waals surface area (Å²) in [6.07, 6.45) is 3.39. The summed E-state index contributed by atoms with van der Waals surface area (Å²) in [4.78, 5) is 57.8. The van der Waals surface area contributed by atoms with E-state index in [9.17, 15) is 23.6 Å². The number of hydrogen-bond donors (Lipinski definition) is 1. The van der Waals surface area contributed by atoms with Gasteiger partial charge in [-0.15, -0.1) is 0 Å². The number of rotatable bonds is 4. The predicted octanol–water partition coefficient (Wildman–Crippen LogP) is 1.17. The van der Waals surface area contributed by atoms with Crippen molar-refractivity contribution in [1.82, 2.24) is 20.0 Å². The average molecular weight is 498 g/mol. The van der Waals surface area contributed by atoms with Crippen molar-refractivity contribution in [2.75, 3.05) is 44.2 Å². The summed E-state index contributed by atoms with van der Waals surface area (Å²) in [5.41, 5.74) is 1.52. The second kappa shape index (κ2) is 9.23. The van der Waals surface area contributed by atoms with E-state index in [1.165, 1.54) is 0 Å². The molecule has 5 aliphatic heterocycles. The summed E-state index contributed by atoms with van der Waals surface area (Å²) in [5.74, 6) is -1.93. The van der Waals surface area contributed by atoms with Gasteiger partial charge in [0, 0.05) is 56.9 Å². The van der Waals surface area contributed by atoms with Crippen molar-refractivity contribution in [1.29, 1.82) is 0 Å². The molecule has 1 N–H and O–H groups in total. The molecule has 0 aromatic heterocycles. The van der Waals surface area contributed by atoms with E-state index in [2.05, 4.69) is 20.0 Å². The van der Waals surface area contributed by atoms with Crippen molar-refractivity contribution in [3.63, 3.8) is 0 Å². The summed E-state index contributed by atoms with van der Waals surface area (Å²) in [7, 11) is 0. The van der Waals surface area contributed by atoms with Crippen LogP contribution in [0.15, 0.2) is 18.2 Å². The normalized spacial score (nSPS) is 28.9. The Morgan fingerprint density at radius 3 is 2.28 bits per heavy atom. The molecule has 1 unspecified atom stereocenters. The van der Waals surface area contributed by atoms with Gasteiger partial charge < -0.3 is 4.90 Å². The molecule has 36 heavy (non-hydrogen) atoms. The molecule has 1 aromatic rings. The third kappa shape index (κ3) is 4.10. The molecular formula is C26H32FN5O4. The molecule has 5 heterocycles. The van der Waals surface area contributed by atoms with Gasteiger partial charge in [-0.2, -0.15) is 0 Å². The summed E-state index contributed by atoms with van der Waals surface area (Å²) in [5, 5.41) is 2.22. The Morgan fingerprint density at radius 1 is 0.806 bits per heavy atom. The first kappa shape index (κ1) is 23.5. The summed E-state index contributed by atoms with van der Waals surface area (Å²) in [6.45, 7) is 5.37. The fourth-order valence-corrected chi connectivity index (χ4v) is 6.45. The van der Waals surface area contributed by atoms with Crippen LogP contribution in [0.2, 0.25) is 0 Å². The molecule has 6 rings (SSSR count). The van der Waals surface area contributed by atoms with E-state index >= 15 is 0 Å². The molecule has 4 amide bonds. The van der Waals surface area contributed by atoms with Gasteiger partial charge in [-0.05, 0) is 56.8 Å². The number of carbonyl (C=O) groups excluding carboxylic acids is 4. The van der Waals surface area contributed by atoms with Crippen molar-refractivity contribution in [2.24, 2.45) is 0 Å². The standard InChI is InChI=1S/C26H32FN5O4/c27-16-2-1-9-30(13-16)17-7-10-29(11-8-17)19-14-31(15-19)18-3-4-20-21(12-18)26(36)32(25(20)35)22-5-6-23(33)28-24(22)34/h3-4,12,16-17,19,22H,1-2,5-11,13-15H2,(H,28,33,34)/t16-,22?/m1/s1. The molecule has 2 atom stereocenters. The van der Waals surface area contributed by atoms with Crippen LogP contribution in [-0.2, 0) is 9.59 Å². The van der Waals surface area contributed by atoms with Gasteiger partial charge in [0.05, 0.1) is 11.1 Å². The quantitative estimate of drug-likeness (QED) is 0.625. The van der Waals surface area contributed by atoms with Crippen LogP contribution in [0, 0.1) is 0 Å². The highest BCUT2D eigenvalue weighted by atomic mass is 19.1. The van der Waals surface area contributed by atoms with Crippen molar-refractivity contribution >= 4 is 29.3 Å². The number of alkyl halides is 1. The van der Waals surface area contributed by atoms with Crippen LogP contribution in [0.1, 0.15) is 59.2 Å². The molecule has 9 nitrogen and oxygen atoms in total. The highest BCUT2D eigenvalue weighted by Gasteiger charge is 2.45. The topological polar surface area (TPSA) is 93.3 Å². The lowest BCUT2D eigenvalue weighted by atomic mass is 9.96. The smallest absolute Gasteiger partial charge is 0.262 e. The lowest BCUT2D eigenvalue weighted by molar-refractivity contribution is -0.136. The van der Waals surface area contributed by atoms with Gasteiger partial charge in [0.25, 0.3) is 11.8 Å². The maximum atomic E-state index is 13.8. The average Bonchev–Trinajstić information content (AvgIpc) is 3.08. The first-order valence-corrected chi connectivity index (χ1v) is 13.1. The van der Waals surface area contributed by atoms with Gasteiger partial charge in [0.2, 0.25) is 11.8 Å². The van der Waals surface area contributed by atoms with Gasteiger partial charge in [-0.25, -0.2) is 4.39 Å². The number of likely N-dealkylation sites (tertiary alicyclic amines) is 2. The largest absolute Gasteiger partial charge is 0.368 e. The highest BCUT2D eigenvalue weighted by Crippen LogP contribution is 2.33. The minimum Gasteiger partial charge on any atom is -0.368 e. The third-order valence-corrected chi connectivity index (χ3v) is 8.58. The Morgan fingerprint density at radius 2 is 1.56 bits per heavy atom. The van der Waals surface area contributed by atoms with E-state index in [1.807, 2.05) is 6.07 Å². The molecule has 0 saturated carbocycles. The van der Waals surface area contributed by atoms with Gasteiger partial charge in [0.1, 0.15) is 12.2 Å². The highest BCUT2D eigenvalue weighted by molar-refractivity contribution is 6.23. The number of anilines is 1. The molecule has 0 aliphatic carbocycles. The van der Waals surface area contributed by atoms with Gasteiger partial charge in [-0.1, -0.05) is 0 Å². The maximum Gasteiger partial charge on any atom is 0.262 e. The number of nitrogens with one attached hydrogen (secondary N) is 1. The Hall–Kier alpha value is -2.85. The molecule has 10 heteroatoms. The van der Waals surface area contributed by atoms with Crippen molar-refractivity contribution < 1.29 is 23.6 Å². The van der Waals surface area contributed by atoms with E-state index < -0.39 is 29.9 Å². The number of hydrogen-bond acceptors (Lipinski definition) is 7. The first-order chi connectivity index (χ1) is 17.4. The molecule has 192 valence electrons. The Bertz CT molecular complexity index is 1100. The van der Waals surface area contributed by atoms with Crippen LogP contribution in [-0.4, -0.2) is 102 Å². The monoisotopic (exact) mass is 497 g/mol. The fourth-order valence-electron chi connectivity index (χ4n) is 6.45. The minimum atomic E-state index is -0.949. The van der Waals surface area contributed by atoms with E-state index in [1.54, 1.807) is 12.1 Å². The first-order valence-electron chi connectivity index (χ1n) is 13.1. The van der Waals surface area contributed by atoms with Crippen molar-refractivity contribution in [3.05, 3.63) is 29.3 Å². The van der Waals surface area contributed by atoms with E-state index in [-0.39, 0.29) is 18.7 Å². The van der Waals surface area contributed by atoms with Crippen LogP contribution in [0.5, 0.6) is 0 Å². The number of fused-ring (bicyclic) bond motifs is 1. The van der Waals surface area contributed by atoms with Crippen LogP contribution in [0.25, 0.3) is 0 Å². The summed E-state index contributed by atoms with van der Waals surface area (Å²) < 4.78 is 13.8. The number of amides is 4. The van der Waals surface area contributed by atoms with Crippen LogP contribution in [0.3, 0.4) is 0 Å². The molecule has 4 fully saturated rings. The van der Waals surface area contributed by atoms with Gasteiger partial charge in [0.15, 0.2) is 0 Å². The van der Waals surface area contributed by atoms with Crippen LogP contribution < -0.4 is 10.2 Å². The number of nitrogens with zero attached hydrogens (tertiary/aromatic N) is 4. The second-order valence-corrected chi connectivity index (χ2v) is 10.7. The van der Waals surface area contributed by atoms with Crippen molar-refractivity contribution in [2.45, 2.75) is 62.8 Å². The molecular weight excluding hydrogens is 465 g/mol. The summed E-state index contributed by atoms with van der Waals surface area (Å²) >= 11 is 0. The molecule has 0 spiro atoms. The molecule has 5 aliphatic rings.